The van der Waals surface area contributed by atoms with E-state index in [0.717, 1.165) is 32.4 Å². The molecule has 0 aromatic heterocycles. The number of carbonyl (C=O) groups is 2. The van der Waals surface area contributed by atoms with Gasteiger partial charge in [-0.3, -0.25) is 9.59 Å². The third-order valence-electron chi connectivity index (χ3n) is 5.00. The van der Waals surface area contributed by atoms with Crippen molar-refractivity contribution in [1.29, 1.82) is 0 Å². The third-order valence-corrected chi connectivity index (χ3v) is 5.00. The Balaban J connectivity index is 1.68. The van der Waals surface area contributed by atoms with Crippen molar-refractivity contribution >= 4 is 17.5 Å². The van der Waals surface area contributed by atoms with Gasteiger partial charge >= 0.3 is 0 Å². The molecule has 1 saturated heterocycles. The molecule has 0 bridgehead atoms. The van der Waals surface area contributed by atoms with E-state index in [9.17, 15) is 14.0 Å². The number of amides is 2. The number of rotatable bonds is 7. The van der Waals surface area contributed by atoms with Crippen molar-refractivity contribution in [2.45, 2.75) is 33.1 Å². The second kappa shape index (κ2) is 10.1. The van der Waals surface area contributed by atoms with Crippen LogP contribution in [0.4, 0.5) is 10.1 Å². The van der Waals surface area contributed by atoms with Gasteiger partial charge in [0, 0.05) is 24.3 Å². The molecule has 160 valence electrons. The maximum atomic E-state index is 13.7. The number of hydrogen-bond donors (Lipinski definition) is 1. The molecule has 0 atom stereocenters. The topological polar surface area (TPSA) is 67.9 Å². The van der Waals surface area contributed by atoms with Crippen molar-refractivity contribution in [1.82, 2.24) is 4.90 Å². The zero-order valence-electron chi connectivity index (χ0n) is 17.4. The summed E-state index contributed by atoms with van der Waals surface area (Å²) < 4.78 is 25.0. The lowest BCUT2D eigenvalue weighted by Gasteiger charge is -2.26. The standard InChI is InChI=1S/C23H27FN2O4/c1-3-29-21-13-17(23(28)25-18-9-7-16(2)19(24)14-18)8-10-20(21)30-15-22(27)26-11-5-4-6-12-26/h7-10,13-14H,3-6,11-12,15H2,1-2H3,(H,25,28). The minimum Gasteiger partial charge on any atom is -0.490 e. The van der Waals surface area contributed by atoms with Crippen LogP contribution in [0.5, 0.6) is 11.5 Å². The molecular formula is C23H27FN2O4. The van der Waals surface area contributed by atoms with Crippen LogP contribution in [0.1, 0.15) is 42.1 Å². The number of benzene rings is 2. The molecule has 1 heterocycles. The van der Waals surface area contributed by atoms with Gasteiger partial charge in [-0.05, 0) is 69.0 Å². The predicted molar refractivity (Wildman–Crippen MR) is 113 cm³/mol. The normalized spacial score (nSPS) is 13.6. The van der Waals surface area contributed by atoms with Gasteiger partial charge in [0.2, 0.25) is 0 Å². The zero-order valence-corrected chi connectivity index (χ0v) is 17.4. The second-order valence-electron chi connectivity index (χ2n) is 7.24. The number of nitrogens with one attached hydrogen (secondary N) is 1. The minimum atomic E-state index is -0.393. The van der Waals surface area contributed by atoms with E-state index >= 15 is 0 Å². The van der Waals surface area contributed by atoms with E-state index in [4.69, 9.17) is 9.47 Å². The molecule has 1 aliphatic rings. The molecule has 2 amide bonds. The van der Waals surface area contributed by atoms with Crippen LogP contribution in [0, 0.1) is 12.7 Å². The van der Waals surface area contributed by atoms with Gasteiger partial charge in [-0.15, -0.1) is 0 Å². The molecule has 1 N–H and O–H groups in total. The summed E-state index contributed by atoms with van der Waals surface area (Å²) in [6, 6.07) is 9.28. The minimum absolute atomic E-state index is 0.0552. The molecule has 1 fully saturated rings. The first-order chi connectivity index (χ1) is 14.5. The summed E-state index contributed by atoms with van der Waals surface area (Å²) in [4.78, 5) is 26.7. The average Bonchev–Trinajstić information content (AvgIpc) is 2.76. The van der Waals surface area contributed by atoms with Gasteiger partial charge in [0.1, 0.15) is 5.82 Å². The number of nitrogens with zero attached hydrogens (tertiary/aromatic N) is 1. The smallest absolute Gasteiger partial charge is 0.260 e. The molecule has 2 aromatic rings. The lowest BCUT2D eigenvalue weighted by Crippen LogP contribution is -2.38. The number of ether oxygens (including phenoxy) is 2. The predicted octanol–water partition coefficient (Wildman–Crippen LogP) is 4.18. The van der Waals surface area contributed by atoms with E-state index in [0.29, 0.717) is 34.9 Å². The van der Waals surface area contributed by atoms with Crippen LogP contribution in [-0.4, -0.2) is 43.0 Å². The third kappa shape index (κ3) is 5.49. The first-order valence-corrected chi connectivity index (χ1v) is 10.2. The Hall–Kier alpha value is -3.09. The van der Waals surface area contributed by atoms with Gasteiger partial charge in [0.25, 0.3) is 11.8 Å². The summed E-state index contributed by atoms with van der Waals surface area (Å²) in [6.07, 6.45) is 3.19. The Bertz CT molecular complexity index is 910. The first kappa shape index (κ1) is 21.6. The summed E-state index contributed by atoms with van der Waals surface area (Å²) in [6.45, 7) is 5.31. The van der Waals surface area contributed by atoms with Crippen molar-refractivity contribution in [3.8, 4) is 11.5 Å². The van der Waals surface area contributed by atoms with Crippen LogP contribution < -0.4 is 14.8 Å². The summed E-state index contributed by atoms with van der Waals surface area (Å²) in [5.74, 6) is -0.0488. The number of anilines is 1. The molecule has 6 nitrogen and oxygen atoms in total. The Morgan fingerprint density at radius 3 is 2.50 bits per heavy atom. The van der Waals surface area contributed by atoms with Gasteiger partial charge in [0.05, 0.1) is 6.61 Å². The number of likely N-dealkylation sites (tertiary alicyclic amines) is 1. The number of aryl methyl sites for hydroxylation is 1. The van der Waals surface area contributed by atoms with E-state index in [1.165, 1.54) is 6.07 Å². The highest BCUT2D eigenvalue weighted by Crippen LogP contribution is 2.29. The maximum absolute atomic E-state index is 13.7. The molecule has 0 aliphatic carbocycles. The van der Waals surface area contributed by atoms with Crippen molar-refractivity contribution in [3.63, 3.8) is 0 Å². The van der Waals surface area contributed by atoms with Crippen molar-refractivity contribution in [2.24, 2.45) is 0 Å². The monoisotopic (exact) mass is 414 g/mol. The Morgan fingerprint density at radius 2 is 1.80 bits per heavy atom. The molecule has 0 radical (unpaired) electrons. The summed E-state index contributed by atoms with van der Waals surface area (Å²) in [5.41, 5.74) is 1.22. The fraction of sp³-hybridized carbons (Fsp3) is 0.391. The van der Waals surface area contributed by atoms with E-state index in [2.05, 4.69) is 5.32 Å². The largest absolute Gasteiger partial charge is 0.490 e. The quantitative estimate of drug-likeness (QED) is 0.738. The summed E-state index contributed by atoms with van der Waals surface area (Å²) in [7, 11) is 0. The van der Waals surface area contributed by atoms with Gasteiger partial charge in [0.15, 0.2) is 18.1 Å². The molecule has 0 saturated carbocycles. The zero-order chi connectivity index (χ0) is 21.5. The van der Waals surface area contributed by atoms with E-state index in [1.807, 2.05) is 11.8 Å². The number of carbonyl (C=O) groups excluding carboxylic acids is 2. The molecule has 1 aliphatic heterocycles. The average molecular weight is 414 g/mol. The number of halogens is 1. The maximum Gasteiger partial charge on any atom is 0.260 e. The molecule has 0 spiro atoms. The second-order valence-corrected chi connectivity index (χ2v) is 7.24. The Labute approximate surface area is 176 Å². The van der Waals surface area contributed by atoms with Crippen LogP contribution in [0.2, 0.25) is 0 Å². The first-order valence-electron chi connectivity index (χ1n) is 10.2. The van der Waals surface area contributed by atoms with E-state index in [-0.39, 0.29) is 18.3 Å². The molecule has 0 unspecified atom stereocenters. The van der Waals surface area contributed by atoms with Crippen LogP contribution in [0.3, 0.4) is 0 Å². The van der Waals surface area contributed by atoms with Crippen LogP contribution in [-0.2, 0) is 4.79 Å². The summed E-state index contributed by atoms with van der Waals surface area (Å²) >= 11 is 0. The van der Waals surface area contributed by atoms with E-state index in [1.54, 1.807) is 37.3 Å². The van der Waals surface area contributed by atoms with Crippen LogP contribution >= 0.6 is 0 Å². The van der Waals surface area contributed by atoms with Crippen molar-refractivity contribution in [3.05, 3.63) is 53.3 Å². The lowest BCUT2D eigenvalue weighted by molar-refractivity contribution is -0.134. The number of piperidine rings is 1. The lowest BCUT2D eigenvalue weighted by atomic mass is 10.1. The highest BCUT2D eigenvalue weighted by Gasteiger charge is 2.18. The van der Waals surface area contributed by atoms with Crippen LogP contribution in [0.25, 0.3) is 0 Å². The molecule has 30 heavy (non-hydrogen) atoms. The fourth-order valence-corrected chi connectivity index (χ4v) is 3.28. The van der Waals surface area contributed by atoms with E-state index < -0.39 is 5.91 Å². The highest BCUT2D eigenvalue weighted by molar-refractivity contribution is 6.04. The fourth-order valence-electron chi connectivity index (χ4n) is 3.28. The summed E-state index contributed by atoms with van der Waals surface area (Å²) in [5, 5.41) is 2.67. The van der Waals surface area contributed by atoms with Crippen LogP contribution in [0.15, 0.2) is 36.4 Å². The molecule has 2 aromatic carbocycles. The van der Waals surface area contributed by atoms with Gasteiger partial charge in [-0.25, -0.2) is 4.39 Å². The Kier molecular flexibility index (Phi) is 7.27. The van der Waals surface area contributed by atoms with Gasteiger partial charge < -0.3 is 19.7 Å². The van der Waals surface area contributed by atoms with Crippen molar-refractivity contribution in [2.75, 3.05) is 31.6 Å². The molecule has 3 rings (SSSR count). The highest BCUT2D eigenvalue weighted by atomic mass is 19.1. The molecular weight excluding hydrogens is 387 g/mol. The molecule has 7 heteroatoms. The SMILES string of the molecule is CCOc1cc(C(=O)Nc2ccc(C)c(F)c2)ccc1OCC(=O)N1CCCCC1. The van der Waals surface area contributed by atoms with Gasteiger partial charge in [-0.2, -0.15) is 0 Å². The Morgan fingerprint density at radius 1 is 1.03 bits per heavy atom. The van der Waals surface area contributed by atoms with Crippen molar-refractivity contribution < 1.29 is 23.5 Å². The number of hydrogen-bond acceptors (Lipinski definition) is 4. The van der Waals surface area contributed by atoms with Gasteiger partial charge in [-0.1, -0.05) is 6.07 Å².